The minimum atomic E-state index is 0.245. The van der Waals surface area contributed by atoms with Crippen molar-refractivity contribution in [1.29, 1.82) is 5.26 Å². The highest BCUT2D eigenvalue weighted by atomic mass is 32.2. The molecular weight excluding hydrogens is 246 g/mol. The Morgan fingerprint density at radius 3 is 2.72 bits per heavy atom. The summed E-state index contributed by atoms with van der Waals surface area (Å²) in [6.07, 6.45) is 1.27. The molecule has 1 aromatic rings. The second-order valence-electron chi connectivity index (χ2n) is 4.02. The number of rotatable bonds is 8. The third-order valence-electron chi connectivity index (χ3n) is 2.50. The zero-order valence-corrected chi connectivity index (χ0v) is 11.4. The molecule has 98 valence electrons. The van der Waals surface area contributed by atoms with Crippen molar-refractivity contribution in [2.45, 2.75) is 25.0 Å². The molecule has 0 radical (unpaired) electrons. The van der Waals surface area contributed by atoms with Gasteiger partial charge in [-0.2, -0.15) is 17.0 Å². The van der Waals surface area contributed by atoms with Crippen molar-refractivity contribution >= 4 is 11.8 Å². The molecule has 1 atom stereocenters. The molecule has 1 aromatic carbocycles. The molecule has 0 amide bonds. The number of aliphatic hydroxyl groups excluding tert-OH is 1. The van der Waals surface area contributed by atoms with E-state index >= 15 is 0 Å². The van der Waals surface area contributed by atoms with Crippen molar-refractivity contribution in [3.63, 3.8) is 0 Å². The lowest BCUT2D eigenvalue weighted by atomic mass is 10.2. The molecule has 1 unspecified atom stereocenters. The Labute approximate surface area is 113 Å². The predicted molar refractivity (Wildman–Crippen MR) is 74.9 cm³/mol. The van der Waals surface area contributed by atoms with Gasteiger partial charge >= 0.3 is 0 Å². The van der Waals surface area contributed by atoms with Crippen LogP contribution in [-0.2, 0) is 6.42 Å². The first-order valence-electron chi connectivity index (χ1n) is 6.07. The molecule has 1 N–H and O–H groups in total. The highest BCUT2D eigenvalue weighted by Crippen LogP contribution is 2.15. The molecular formula is C14H19NO2S. The molecule has 0 saturated carbocycles. The summed E-state index contributed by atoms with van der Waals surface area (Å²) in [5, 5.41) is 17.8. The first-order valence-corrected chi connectivity index (χ1v) is 7.12. The Hall–Kier alpha value is -1.18. The van der Waals surface area contributed by atoms with Gasteiger partial charge in [0, 0.05) is 17.6 Å². The van der Waals surface area contributed by atoms with E-state index in [0.29, 0.717) is 18.3 Å². The van der Waals surface area contributed by atoms with Crippen LogP contribution in [0.15, 0.2) is 24.3 Å². The summed E-state index contributed by atoms with van der Waals surface area (Å²) >= 11 is 1.80. The van der Waals surface area contributed by atoms with Crippen LogP contribution in [0.25, 0.3) is 0 Å². The summed E-state index contributed by atoms with van der Waals surface area (Å²) in [7, 11) is 0. The summed E-state index contributed by atoms with van der Waals surface area (Å²) in [6, 6.07) is 9.74. The maximum atomic E-state index is 8.77. The molecule has 0 aliphatic rings. The van der Waals surface area contributed by atoms with E-state index in [1.165, 1.54) is 0 Å². The molecule has 0 aromatic heterocycles. The van der Waals surface area contributed by atoms with Gasteiger partial charge in [0.25, 0.3) is 0 Å². The highest BCUT2D eigenvalue weighted by Gasteiger charge is 2.01. The van der Waals surface area contributed by atoms with Crippen LogP contribution in [0.2, 0.25) is 0 Å². The number of hydrogen-bond donors (Lipinski definition) is 1. The Bertz CT molecular complexity index is 372. The van der Waals surface area contributed by atoms with Gasteiger partial charge in [-0.05, 0) is 24.1 Å². The minimum Gasteiger partial charge on any atom is -0.493 e. The quantitative estimate of drug-likeness (QED) is 0.734. The van der Waals surface area contributed by atoms with Crippen molar-refractivity contribution in [3.05, 3.63) is 29.8 Å². The van der Waals surface area contributed by atoms with E-state index in [4.69, 9.17) is 15.1 Å². The van der Waals surface area contributed by atoms with Crippen molar-refractivity contribution < 1.29 is 9.84 Å². The molecule has 3 nitrogen and oxygen atoms in total. The van der Waals surface area contributed by atoms with E-state index in [-0.39, 0.29) is 6.61 Å². The van der Waals surface area contributed by atoms with Gasteiger partial charge in [0.2, 0.25) is 0 Å². The van der Waals surface area contributed by atoms with E-state index in [9.17, 15) is 0 Å². The van der Waals surface area contributed by atoms with Crippen LogP contribution >= 0.6 is 11.8 Å². The first-order chi connectivity index (χ1) is 8.76. The largest absolute Gasteiger partial charge is 0.493 e. The molecule has 0 heterocycles. The third kappa shape index (κ3) is 5.95. The second kappa shape index (κ2) is 8.84. The zero-order chi connectivity index (χ0) is 13.2. The fraction of sp³-hybridized carbons (Fsp3) is 0.500. The lowest BCUT2D eigenvalue weighted by Crippen LogP contribution is -2.06. The monoisotopic (exact) mass is 265 g/mol. The van der Waals surface area contributed by atoms with E-state index in [0.717, 1.165) is 23.5 Å². The third-order valence-corrected chi connectivity index (χ3v) is 3.70. The van der Waals surface area contributed by atoms with Crippen LogP contribution in [-0.4, -0.2) is 29.3 Å². The fourth-order valence-corrected chi connectivity index (χ4v) is 2.32. The topological polar surface area (TPSA) is 53.2 Å². The smallest absolute Gasteiger partial charge is 0.119 e. The van der Waals surface area contributed by atoms with Crippen molar-refractivity contribution in [1.82, 2.24) is 0 Å². The molecule has 0 aliphatic heterocycles. The number of nitriles is 1. The summed E-state index contributed by atoms with van der Waals surface area (Å²) in [5.74, 6) is 1.76. The number of hydrogen-bond acceptors (Lipinski definition) is 4. The van der Waals surface area contributed by atoms with Gasteiger partial charge in [0.15, 0.2) is 0 Å². The lowest BCUT2D eigenvalue weighted by Gasteiger charge is -2.10. The summed E-state index contributed by atoms with van der Waals surface area (Å²) in [5.41, 5.74) is 1.01. The van der Waals surface area contributed by atoms with Crippen LogP contribution in [0.4, 0.5) is 0 Å². The second-order valence-corrected chi connectivity index (χ2v) is 5.57. The van der Waals surface area contributed by atoms with Crippen molar-refractivity contribution in [2.24, 2.45) is 0 Å². The Kier molecular flexibility index (Phi) is 7.31. The van der Waals surface area contributed by atoms with Crippen LogP contribution in [0.3, 0.4) is 0 Å². The van der Waals surface area contributed by atoms with Gasteiger partial charge in [0.1, 0.15) is 5.75 Å². The molecule has 0 saturated heterocycles. The number of benzene rings is 1. The number of aliphatic hydroxyl groups is 1. The van der Waals surface area contributed by atoms with Crippen molar-refractivity contribution in [2.75, 3.05) is 19.0 Å². The standard InChI is InChI=1S/C14H19NO2S/c1-12(7-9-16)18-11-10-17-14-4-2-13(3-5-14)6-8-15/h2-5,12,16H,6-7,9-11H2,1H3. The van der Waals surface area contributed by atoms with Crippen LogP contribution in [0.1, 0.15) is 18.9 Å². The number of ether oxygens (including phenoxy) is 1. The lowest BCUT2D eigenvalue weighted by molar-refractivity contribution is 0.288. The number of nitrogens with zero attached hydrogens (tertiary/aromatic N) is 1. The van der Waals surface area contributed by atoms with Gasteiger partial charge in [-0.25, -0.2) is 0 Å². The van der Waals surface area contributed by atoms with Crippen LogP contribution < -0.4 is 4.74 Å². The zero-order valence-electron chi connectivity index (χ0n) is 10.6. The van der Waals surface area contributed by atoms with Crippen LogP contribution in [0, 0.1) is 11.3 Å². The Morgan fingerprint density at radius 1 is 1.39 bits per heavy atom. The van der Waals surface area contributed by atoms with Crippen LogP contribution in [0.5, 0.6) is 5.75 Å². The van der Waals surface area contributed by atoms with Gasteiger partial charge < -0.3 is 9.84 Å². The maximum absolute atomic E-state index is 8.77. The van der Waals surface area contributed by atoms with Gasteiger partial charge in [-0.15, -0.1) is 0 Å². The van der Waals surface area contributed by atoms with Gasteiger partial charge in [-0.1, -0.05) is 19.1 Å². The highest BCUT2D eigenvalue weighted by molar-refractivity contribution is 7.99. The SMILES string of the molecule is CC(CCO)SCCOc1ccc(CC#N)cc1. The summed E-state index contributed by atoms with van der Waals surface area (Å²) in [4.78, 5) is 0. The molecule has 0 bridgehead atoms. The molecule has 1 rings (SSSR count). The number of thioether (sulfide) groups is 1. The van der Waals surface area contributed by atoms with Gasteiger partial charge in [0.05, 0.1) is 19.1 Å². The molecule has 0 aliphatic carbocycles. The van der Waals surface area contributed by atoms with Crippen molar-refractivity contribution in [3.8, 4) is 11.8 Å². The molecule has 0 spiro atoms. The normalized spacial score (nSPS) is 11.8. The van der Waals surface area contributed by atoms with E-state index in [2.05, 4.69) is 13.0 Å². The fourth-order valence-electron chi connectivity index (χ4n) is 1.47. The predicted octanol–water partition coefficient (Wildman–Crippen LogP) is 2.64. The average molecular weight is 265 g/mol. The maximum Gasteiger partial charge on any atom is 0.119 e. The first kappa shape index (κ1) is 14.9. The van der Waals surface area contributed by atoms with Gasteiger partial charge in [-0.3, -0.25) is 0 Å². The van der Waals surface area contributed by atoms with E-state index in [1.807, 2.05) is 24.3 Å². The minimum absolute atomic E-state index is 0.245. The Balaban J connectivity index is 2.21. The summed E-state index contributed by atoms with van der Waals surface area (Å²) < 4.78 is 5.60. The molecule has 0 fully saturated rings. The Morgan fingerprint density at radius 2 is 2.11 bits per heavy atom. The average Bonchev–Trinajstić information content (AvgIpc) is 2.37. The van der Waals surface area contributed by atoms with E-state index in [1.54, 1.807) is 11.8 Å². The molecule has 4 heteroatoms. The summed E-state index contributed by atoms with van der Waals surface area (Å²) in [6.45, 7) is 3.02. The van der Waals surface area contributed by atoms with E-state index < -0.39 is 0 Å². The molecule has 18 heavy (non-hydrogen) atoms.